The van der Waals surface area contributed by atoms with E-state index in [2.05, 4.69) is 16.2 Å². The van der Waals surface area contributed by atoms with Gasteiger partial charge >= 0.3 is 0 Å². The van der Waals surface area contributed by atoms with Crippen molar-refractivity contribution in [2.45, 2.75) is 31.7 Å². The van der Waals surface area contributed by atoms with E-state index in [1.807, 2.05) is 7.05 Å². The third-order valence-electron chi connectivity index (χ3n) is 2.75. The van der Waals surface area contributed by atoms with Crippen molar-refractivity contribution in [3.8, 4) is 0 Å². The Hall–Kier alpha value is -1.16. The zero-order valence-electron chi connectivity index (χ0n) is 8.48. The highest BCUT2D eigenvalue weighted by molar-refractivity contribution is 5.45. The first kappa shape index (κ1) is 9.40. The minimum atomic E-state index is 0.395. The molecule has 2 rings (SSSR count). The Labute approximate surface area is 83.8 Å². The minimum Gasteiger partial charge on any atom is -0.328 e. The Balaban J connectivity index is 2.08. The van der Waals surface area contributed by atoms with E-state index in [9.17, 15) is 0 Å². The monoisotopic (exact) mass is 192 g/mol. The van der Waals surface area contributed by atoms with Gasteiger partial charge in [0.2, 0.25) is 0 Å². The van der Waals surface area contributed by atoms with Crippen molar-refractivity contribution >= 4 is 6.08 Å². The smallest absolute Gasteiger partial charge is 0.150 e. The molecule has 0 spiro atoms. The van der Waals surface area contributed by atoms with Crippen LogP contribution in [0, 0.1) is 0 Å². The summed E-state index contributed by atoms with van der Waals surface area (Å²) in [5.41, 5.74) is 7.29. The van der Waals surface area contributed by atoms with Crippen LogP contribution in [0.2, 0.25) is 0 Å². The SMILES string of the molecule is Cn1ncnc1C=C1CCC(N)CC1. The maximum atomic E-state index is 5.84. The van der Waals surface area contributed by atoms with Gasteiger partial charge in [0.05, 0.1) is 0 Å². The lowest BCUT2D eigenvalue weighted by molar-refractivity contribution is 0.513. The molecule has 1 fully saturated rings. The van der Waals surface area contributed by atoms with Crippen molar-refractivity contribution in [1.29, 1.82) is 0 Å². The Kier molecular flexibility index (Phi) is 2.63. The molecular formula is C10H16N4. The molecule has 1 aliphatic rings. The number of aryl methyl sites for hydroxylation is 1. The van der Waals surface area contributed by atoms with Crippen LogP contribution in [0.25, 0.3) is 6.08 Å². The summed E-state index contributed by atoms with van der Waals surface area (Å²) in [5.74, 6) is 0.940. The second-order valence-electron chi connectivity index (χ2n) is 3.88. The third kappa shape index (κ3) is 2.01. The van der Waals surface area contributed by atoms with E-state index in [0.29, 0.717) is 6.04 Å². The first-order valence-corrected chi connectivity index (χ1v) is 5.05. The summed E-state index contributed by atoms with van der Waals surface area (Å²) in [5, 5.41) is 4.03. The van der Waals surface area contributed by atoms with Gasteiger partial charge in [-0.2, -0.15) is 5.10 Å². The van der Waals surface area contributed by atoms with Crippen LogP contribution in [0.3, 0.4) is 0 Å². The maximum absolute atomic E-state index is 5.84. The Morgan fingerprint density at radius 3 is 2.79 bits per heavy atom. The fourth-order valence-electron chi connectivity index (χ4n) is 1.77. The van der Waals surface area contributed by atoms with Gasteiger partial charge in [-0.15, -0.1) is 0 Å². The van der Waals surface area contributed by atoms with Crippen LogP contribution in [-0.2, 0) is 7.05 Å². The molecule has 1 aromatic rings. The van der Waals surface area contributed by atoms with Crippen molar-refractivity contribution < 1.29 is 0 Å². The van der Waals surface area contributed by atoms with Crippen molar-refractivity contribution in [2.75, 3.05) is 0 Å². The molecule has 0 saturated heterocycles. The Morgan fingerprint density at radius 1 is 1.50 bits per heavy atom. The van der Waals surface area contributed by atoms with Gasteiger partial charge in [-0.25, -0.2) is 9.67 Å². The van der Waals surface area contributed by atoms with Crippen molar-refractivity contribution in [3.05, 3.63) is 17.7 Å². The quantitative estimate of drug-likeness (QED) is 0.725. The fourth-order valence-corrected chi connectivity index (χ4v) is 1.77. The van der Waals surface area contributed by atoms with E-state index < -0.39 is 0 Å². The van der Waals surface area contributed by atoms with Crippen LogP contribution >= 0.6 is 0 Å². The number of rotatable bonds is 1. The predicted molar refractivity (Wildman–Crippen MR) is 55.4 cm³/mol. The lowest BCUT2D eigenvalue weighted by Crippen LogP contribution is -2.23. The number of nitrogens with zero attached hydrogens (tertiary/aromatic N) is 3. The van der Waals surface area contributed by atoms with Crippen molar-refractivity contribution in [2.24, 2.45) is 12.8 Å². The summed E-state index contributed by atoms with van der Waals surface area (Å²) in [4.78, 5) is 4.17. The second kappa shape index (κ2) is 3.92. The summed E-state index contributed by atoms with van der Waals surface area (Å²) in [6.07, 6.45) is 8.13. The average Bonchev–Trinajstić information content (AvgIpc) is 2.56. The van der Waals surface area contributed by atoms with E-state index in [1.54, 1.807) is 11.0 Å². The molecule has 1 aliphatic carbocycles. The van der Waals surface area contributed by atoms with Crippen molar-refractivity contribution in [1.82, 2.24) is 14.8 Å². The molecule has 76 valence electrons. The lowest BCUT2D eigenvalue weighted by Gasteiger charge is -2.19. The molecule has 1 saturated carbocycles. The minimum absolute atomic E-state index is 0.395. The molecule has 0 aromatic carbocycles. The fraction of sp³-hybridized carbons (Fsp3) is 0.600. The zero-order valence-corrected chi connectivity index (χ0v) is 8.48. The topological polar surface area (TPSA) is 56.7 Å². The molecule has 14 heavy (non-hydrogen) atoms. The van der Waals surface area contributed by atoms with Crippen LogP contribution in [-0.4, -0.2) is 20.8 Å². The number of hydrogen-bond acceptors (Lipinski definition) is 3. The second-order valence-corrected chi connectivity index (χ2v) is 3.88. The van der Waals surface area contributed by atoms with Crippen LogP contribution < -0.4 is 5.73 Å². The average molecular weight is 192 g/mol. The highest BCUT2D eigenvalue weighted by Crippen LogP contribution is 2.23. The van der Waals surface area contributed by atoms with Gasteiger partial charge in [-0.1, -0.05) is 5.57 Å². The van der Waals surface area contributed by atoms with Crippen LogP contribution in [0.4, 0.5) is 0 Å². The largest absolute Gasteiger partial charge is 0.328 e. The summed E-state index contributed by atoms with van der Waals surface area (Å²) in [6, 6.07) is 0.395. The molecule has 1 aromatic heterocycles. The van der Waals surface area contributed by atoms with Crippen LogP contribution in [0.5, 0.6) is 0 Å². The molecule has 0 radical (unpaired) electrons. The van der Waals surface area contributed by atoms with Gasteiger partial charge in [-0.3, -0.25) is 0 Å². The van der Waals surface area contributed by atoms with E-state index in [0.717, 1.165) is 31.5 Å². The number of allylic oxidation sites excluding steroid dienone is 1. The van der Waals surface area contributed by atoms with Crippen LogP contribution in [0.1, 0.15) is 31.5 Å². The van der Waals surface area contributed by atoms with Gasteiger partial charge in [0, 0.05) is 13.1 Å². The van der Waals surface area contributed by atoms with Gasteiger partial charge in [-0.05, 0) is 31.8 Å². The van der Waals surface area contributed by atoms with Gasteiger partial charge < -0.3 is 5.73 Å². The first-order valence-electron chi connectivity index (χ1n) is 5.05. The summed E-state index contributed by atoms with van der Waals surface area (Å²) in [6.45, 7) is 0. The first-order chi connectivity index (χ1) is 6.75. The molecule has 4 heteroatoms. The van der Waals surface area contributed by atoms with Gasteiger partial charge in [0.1, 0.15) is 12.2 Å². The van der Waals surface area contributed by atoms with E-state index in [4.69, 9.17) is 5.73 Å². The van der Waals surface area contributed by atoms with Crippen molar-refractivity contribution in [3.63, 3.8) is 0 Å². The molecule has 0 bridgehead atoms. The zero-order chi connectivity index (χ0) is 9.97. The molecular weight excluding hydrogens is 176 g/mol. The Morgan fingerprint density at radius 2 is 2.21 bits per heavy atom. The Bertz CT molecular complexity index is 330. The molecule has 0 unspecified atom stereocenters. The number of hydrogen-bond donors (Lipinski definition) is 1. The summed E-state index contributed by atoms with van der Waals surface area (Å²) >= 11 is 0. The highest BCUT2D eigenvalue weighted by atomic mass is 15.3. The summed E-state index contributed by atoms with van der Waals surface area (Å²) < 4.78 is 1.79. The molecule has 2 N–H and O–H groups in total. The molecule has 0 aliphatic heterocycles. The van der Waals surface area contributed by atoms with E-state index >= 15 is 0 Å². The highest BCUT2D eigenvalue weighted by Gasteiger charge is 2.12. The predicted octanol–water partition coefficient (Wildman–Crippen LogP) is 1.10. The number of nitrogens with two attached hydrogens (primary N) is 1. The number of aromatic nitrogens is 3. The third-order valence-corrected chi connectivity index (χ3v) is 2.75. The maximum Gasteiger partial charge on any atom is 0.150 e. The normalized spacial score (nSPS) is 22.4. The van der Waals surface area contributed by atoms with Gasteiger partial charge in [0.25, 0.3) is 0 Å². The molecule has 1 heterocycles. The standard InChI is InChI=1S/C10H16N4/c1-14-10(12-7-13-14)6-8-2-4-9(11)5-3-8/h6-7,9H,2-5,11H2,1H3. The molecule has 4 nitrogen and oxygen atoms in total. The summed E-state index contributed by atoms with van der Waals surface area (Å²) in [7, 11) is 1.91. The van der Waals surface area contributed by atoms with Gasteiger partial charge in [0.15, 0.2) is 0 Å². The van der Waals surface area contributed by atoms with E-state index in [1.165, 1.54) is 5.57 Å². The van der Waals surface area contributed by atoms with Crippen LogP contribution in [0.15, 0.2) is 11.9 Å². The molecule has 0 atom stereocenters. The molecule has 0 amide bonds. The lowest BCUT2D eigenvalue weighted by atomic mass is 9.91. The van der Waals surface area contributed by atoms with E-state index in [-0.39, 0.29) is 0 Å².